The molecule has 1 rings (SSSR count). The minimum atomic E-state index is -3.81. The molecule has 0 aromatic heterocycles. The first-order chi connectivity index (χ1) is 6.08. The SMILES string of the molecule is O[Si](O)(O)CCCCOCC1CO1. The average molecular weight is 208 g/mol. The van der Waals surface area contributed by atoms with E-state index in [0.717, 1.165) is 13.0 Å². The molecular weight excluding hydrogens is 192 g/mol. The average Bonchev–Trinajstić information content (AvgIpc) is 2.77. The largest absolute Gasteiger partial charge is 0.492 e. The van der Waals surface area contributed by atoms with E-state index < -0.39 is 8.80 Å². The summed E-state index contributed by atoms with van der Waals surface area (Å²) >= 11 is 0. The van der Waals surface area contributed by atoms with Gasteiger partial charge in [-0.15, -0.1) is 0 Å². The van der Waals surface area contributed by atoms with Crippen molar-refractivity contribution in [3.05, 3.63) is 0 Å². The third-order valence-corrected chi connectivity index (χ3v) is 2.78. The highest BCUT2D eigenvalue weighted by molar-refractivity contribution is 6.56. The van der Waals surface area contributed by atoms with Crippen LogP contribution < -0.4 is 0 Å². The van der Waals surface area contributed by atoms with Crippen LogP contribution in [0.3, 0.4) is 0 Å². The molecule has 1 fully saturated rings. The molecule has 5 nitrogen and oxygen atoms in total. The van der Waals surface area contributed by atoms with E-state index in [4.69, 9.17) is 23.9 Å². The van der Waals surface area contributed by atoms with Crippen molar-refractivity contribution in [2.75, 3.05) is 19.8 Å². The Labute approximate surface area is 78.3 Å². The van der Waals surface area contributed by atoms with Crippen LogP contribution in [0.1, 0.15) is 12.8 Å². The van der Waals surface area contributed by atoms with Gasteiger partial charge in [0.1, 0.15) is 6.10 Å². The second-order valence-corrected chi connectivity index (χ2v) is 5.31. The van der Waals surface area contributed by atoms with Gasteiger partial charge in [-0.1, -0.05) is 0 Å². The Morgan fingerprint density at radius 1 is 1.31 bits per heavy atom. The quantitative estimate of drug-likeness (QED) is 0.287. The standard InChI is InChI=1S/C7H16O5Si/c8-13(9,10)4-2-1-3-11-5-7-6-12-7/h7-10H,1-6H2. The predicted octanol–water partition coefficient (Wildman–Crippen LogP) is -0.902. The Bertz CT molecular complexity index is 142. The summed E-state index contributed by atoms with van der Waals surface area (Å²) in [6, 6.07) is 0.0935. The second kappa shape index (κ2) is 5.04. The van der Waals surface area contributed by atoms with E-state index in [1.165, 1.54) is 0 Å². The van der Waals surface area contributed by atoms with Crippen molar-refractivity contribution in [2.24, 2.45) is 0 Å². The number of epoxide rings is 1. The van der Waals surface area contributed by atoms with E-state index in [2.05, 4.69) is 0 Å². The molecule has 1 saturated heterocycles. The highest BCUT2D eigenvalue weighted by Crippen LogP contribution is 2.09. The van der Waals surface area contributed by atoms with Crippen molar-refractivity contribution in [3.63, 3.8) is 0 Å². The highest BCUT2D eigenvalue weighted by atomic mass is 28.4. The van der Waals surface area contributed by atoms with Crippen LogP contribution in [0.2, 0.25) is 6.04 Å². The third kappa shape index (κ3) is 7.12. The molecule has 0 spiro atoms. The number of hydrogen-bond acceptors (Lipinski definition) is 5. The molecule has 1 heterocycles. The van der Waals surface area contributed by atoms with Crippen LogP contribution in [0.25, 0.3) is 0 Å². The number of ether oxygens (including phenoxy) is 2. The van der Waals surface area contributed by atoms with Gasteiger partial charge >= 0.3 is 8.80 Å². The van der Waals surface area contributed by atoms with Gasteiger partial charge in [0.05, 0.1) is 13.2 Å². The zero-order valence-corrected chi connectivity index (χ0v) is 8.48. The highest BCUT2D eigenvalue weighted by Gasteiger charge is 2.25. The smallest absolute Gasteiger partial charge is 0.390 e. The molecule has 3 N–H and O–H groups in total. The molecule has 13 heavy (non-hydrogen) atoms. The third-order valence-electron chi connectivity index (χ3n) is 1.76. The normalized spacial score (nSPS) is 21.9. The summed E-state index contributed by atoms with van der Waals surface area (Å²) in [5.74, 6) is 0. The van der Waals surface area contributed by atoms with Crippen molar-refractivity contribution in [1.82, 2.24) is 0 Å². The summed E-state index contributed by atoms with van der Waals surface area (Å²) in [7, 11) is -3.81. The number of unbranched alkanes of at least 4 members (excludes halogenated alkanes) is 1. The molecule has 1 atom stereocenters. The van der Waals surface area contributed by atoms with Gasteiger partial charge in [-0.05, 0) is 12.8 Å². The zero-order valence-electron chi connectivity index (χ0n) is 7.48. The zero-order chi connectivity index (χ0) is 9.73. The van der Waals surface area contributed by atoms with Crippen molar-refractivity contribution in [2.45, 2.75) is 25.0 Å². The topological polar surface area (TPSA) is 82.5 Å². The summed E-state index contributed by atoms with van der Waals surface area (Å²) in [4.78, 5) is 26.0. The molecule has 0 bridgehead atoms. The van der Waals surface area contributed by atoms with E-state index in [9.17, 15) is 0 Å². The first kappa shape index (κ1) is 11.1. The molecule has 0 saturated carbocycles. The van der Waals surface area contributed by atoms with Crippen LogP contribution >= 0.6 is 0 Å². The van der Waals surface area contributed by atoms with Crippen molar-refractivity contribution < 1.29 is 23.9 Å². The molecule has 0 aliphatic carbocycles. The van der Waals surface area contributed by atoms with Crippen LogP contribution in [-0.4, -0.2) is 49.1 Å². The monoisotopic (exact) mass is 208 g/mol. The Hall–Kier alpha value is 0.0169. The summed E-state index contributed by atoms with van der Waals surface area (Å²) in [6.07, 6.45) is 1.60. The van der Waals surface area contributed by atoms with E-state index in [0.29, 0.717) is 19.6 Å². The van der Waals surface area contributed by atoms with Gasteiger partial charge < -0.3 is 23.9 Å². The van der Waals surface area contributed by atoms with Crippen LogP contribution in [-0.2, 0) is 9.47 Å². The molecule has 0 amide bonds. The van der Waals surface area contributed by atoms with Crippen molar-refractivity contribution in [1.29, 1.82) is 0 Å². The fraction of sp³-hybridized carbons (Fsp3) is 1.00. The Kier molecular flexibility index (Phi) is 4.30. The first-order valence-corrected chi connectivity index (χ1v) is 6.49. The molecule has 1 aliphatic rings. The van der Waals surface area contributed by atoms with Crippen LogP contribution in [0, 0.1) is 0 Å². The van der Waals surface area contributed by atoms with E-state index in [1.807, 2.05) is 0 Å². The van der Waals surface area contributed by atoms with E-state index >= 15 is 0 Å². The van der Waals surface area contributed by atoms with E-state index in [-0.39, 0.29) is 12.1 Å². The molecule has 0 aromatic carbocycles. The summed E-state index contributed by atoms with van der Waals surface area (Å²) < 4.78 is 10.1. The predicted molar refractivity (Wildman–Crippen MR) is 47.0 cm³/mol. The maximum Gasteiger partial charge on any atom is 0.492 e. The fourth-order valence-electron chi connectivity index (χ4n) is 0.945. The van der Waals surface area contributed by atoms with Gasteiger partial charge in [0, 0.05) is 12.7 Å². The summed E-state index contributed by atoms with van der Waals surface area (Å²) in [6.45, 7) is 2.00. The second-order valence-electron chi connectivity index (χ2n) is 3.26. The van der Waals surface area contributed by atoms with Gasteiger partial charge in [0.2, 0.25) is 0 Å². The molecular formula is C7H16O5Si. The maximum absolute atomic E-state index is 8.66. The van der Waals surface area contributed by atoms with Gasteiger partial charge in [0.15, 0.2) is 0 Å². The molecule has 1 unspecified atom stereocenters. The lowest BCUT2D eigenvalue weighted by Crippen LogP contribution is -2.34. The number of rotatable bonds is 7. The van der Waals surface area contributed by atoms with Gasteiger partial charge in [-0.3, -0.25) is 0 Å². The van der Waals surface area contributed by atoms with Crippen molar-refractivity contribution >= 4 is 8.80 Å². The fourth-order valence-corrected chi connectivity index (χ4v) is 1.67. The van der Waals surface area contributed by atoms with Gasteiger partial charge in [0.25, 0.3) is 0 Å². The summed E-state index contributed by atoms with van der Waals surface area (Å²) in [5, 5.41) is 0. The first-order valence-electron chi connectivity index (χ1n) is 4.44. The minimum Gasteiger partial charge on any atom is -0.390 e. The molecule has 1 aliphatic heterocycles. The van der Waals surface area contributed by atoms with Crippen LogP contribution in [0.5, 0.6) is 0 Å². The lowest BCUT2D eigenvalue weighted by molar-refractivity contribution is 0.113. The maximum atomic E-state index is 8.66. The van der Waals surface area contributed by atoms with Gasteiger partial charge in [-0.25, -0.2) is 0 Å². The van der Waals surface area contributed by atoms with Crippen molar-refractivity contribution in [3.8, 4) is 0 Å². The molecule has 6 heteroatoms. The minimum absolute atomic E-state index is 0.0935. The summed E-state index contributed by atoms with van der Waals surface area (Å²) in [5.41, 5.74) is 0. The molecule has 78 valence electrons. The van der Waals surface area contributed by atoms with E-state index in [1.54, 1.807) is 0 Å². The Morgan fingerprint density at radius 2 is 2.00 bits per heavy atom. The number of hydrogen-bond donors (Lipinski definition) is 3. The van der Waals surface area contributed by atoms with Crippen LogP contribution in [0.15, 0.2) is 0 Å². The van der Waals surface area contributed by atoms with Gasteiger partial charge in [-0.2, -0.15) is 0 Å². The molecule has 0 aromatic rings. The Balaban J connectivity index is 1.78. The lowest BCUT2D eigenvalue weighted by atomic mass is 10.3. The Morgan fingerprint density at radius 3 is 2.54 bits per heavy atom. The van der Waals surface area contributed by atoms with Crippen LogP contribution in [0.4, 0.5) is 0 Å². The lowest BCUT2D eigenvalue weighted by Gasteiger charge is -2.08. The molecule has 0 radical (unpaired) electrons.